The average Bonchev–Trinajstić information content (AvgIpc) is 2.84. The van der Waals surface area contributed by atoms with Crippen molar-refractivity contribution in [2.75, 3.05) is 0 Å². The van der Waals surface area contributed by atoms with Crippen molar-refractivity contribution in [2.24, 2.45) is 5.73 Å². The number of rotatable bonds is 4. The number of furan rings is 1. The fraction of sp³-hybridized carbons (Fsp3) is 0.462. The molecule has 4 heteroatoms. The summed E-state index contributed by atoms with van der Waals surface area (Å²) >= 11 is 0. The summed E-state index contributed by atoms with van der Waals surface area (Å²) in [5.41, 5.74) is 9.47. The van der Waals surface area contributed by atoms with Crippen LogP contribution in [0, 0.1) is 13.8 Å². The third-order valence-electron chi connectivity index (χ3n) is 2.95. The third kappa shape index (κ3) is 2.42. The maximum Gasteiger partial charge on any atom is 0.123 e. The van der Waals surface area contributed by atoms with Crippen LogP contribution in [0.4, 0.5) is 0 Å². The highest BCUT2D eigenvalue weighted by atomic mass is 16.3. The van der Waals surface area contributed by atoms with E-state index in [0.717, 1.165) is 35.7 Å². The fourth-order valence-electron chi connectivity index (χ4n) is 2.12. The third-order valence-corrected chi connectivity index (χ3v) is 2.95. The largest absolute Gasteiger partial charge is 0.467 e. The second-order valence-corrected chi connectivity index (χ2v) is 4.37. The van der Waals surface area contributed by atoms with Gasteiger partial charge in [0.25, 0.3) is 0 Å². The highest BCUT2D eigenvalue weighted by molar-refractivity contribution is 5.20. The van der Waals surface area contributed by atoms with Crippen LogP contribution in [0.25, 0.3) is 0 Å². The highest BCUT2D eigenvalue weighted by Gasteiger charge is 2.15. The van der Waals surface area contributed by atoms with E-state index in [1.54, 1.807) is 6.26 Å². The maximum absolute atomic E-state index is 6.17. The van der Waals surface area contributed by atoms with Gasteiger partial charge in [-0.15, -0.1) is 0 Å². The average molecular weight is 233 g/mol. The van der Waals surface area contributed by atoms with Gasteiger partial charge in [0.05, 0.1) is 18.0 Å². The van der Waals surface area contributed by atoms with Gasteiger partial charge in [-0.3, -0.25) is 4.68 Å². The Morgan fingerprint density at radius 3 is 2.82 bits per heavy atom. The van der Waals surface area contributed by atoms with Gasteiger partial charge in [0, 0.05) is 18.7 Å². The van der Waals surface area contributed by atoms with Gasteiger partial charge in [0.1, 0.15) is 5.76 Å². The molecular weight excluding hydrogens is 214 g/mol. The number of hydrogen-bond acceptors (Lipinski definition) is 3. The number of aromatic nitrogens is 2. The van der Waals surface area contributed by atoms with Crippen LogP contribution in [-0.4, -0.2) is 9.78 Å². The van der Waals surface area contributed by atoms with Gasteiger partial charge in [-0.1, -0.05) is 0 Å². The highest BCUT2D eigenvalue weighted by Crippen LogP contribution is 2.20. The van der Waals surface area contributed by atoms with Crippen LogP contribution >= 0.6 is 0 Å². The summed E-state index contributed by atoms with van der Waals surface area (Å²) in [7, 11) is 0. The van der Waals surface area contributed by atoms with Crippen LogP contribution in [-0.2, 0) is 13.0 Å². The monoisotopic (exact) mass is 233 g/mol. The Balaban J connectivity index is 2.18. The van der Waals surface area contributed by atoms with E-state index in [1.807, 2.05) is 24.6 Å². The van der Waals surface area contributed by atoms with E-state index in [4.69, 9.17) is 10.2 Å². The molecule has 0 spiro atoms. The van der Waals surface area contributed by atoms with Gasteiger partial charge in [-0.05, 0) is 38.5 Å². The molecule has 0 fully saturated rings. The van der Waals surface area contributed by atoms with E-state index in [2.05, 4.69) is 18.1 Å². The lowest BCUT2D eigenvalue weighted by Gasteiger charge is -2.11. The molecule has 17 heavy (non-hydrogen) atoms. The van der Waals surface area contributed by atoms with Crippen molar-refractivity contribution in [1.82, 2.24) is 9.78 Å². The lowest BCUT2D eigenvalue weighted by Crippen LogP contribution is -2.16. The number of nitrogens with zero attached hydrogens (tertiary/aromatic N) is 2. The SMILES string of the molecule is CCn1nc(C)cc1CC(N)c1occc1C. The molecule has 1 atom stereocenters. The zero-order chi connectivity index (χ0) is 12.4. The molecule has 0 saturated heterocycles. The molecule has 2 rings (SSSR count). The molecule has 2 aromatic heterocycles. The second kappa shape index (κ2) is 4.75. The zero-order valence-corrected chi connectivity index (χ0v) is 10.6. The fourth-order valence-corrected chi connectivity index (χ4v) is 2.12. The Hall–Kier alpha value is -1.55. The number of nitrogens with two attached hydrogens (primary N) is 1. The van der Waals surface area contributed by atoms with E-state index in [-0.39, 0.29) is 6.04 Å². The summed E-state index contributed by atoms with van der Waals surface area (Å²) in [6, 6.07) is 3.92. The van der Waals surface area contributed by atoms with Crippen molar-refractivity contribution in [2.45, 2.75) is 39.8 Å². The summed E-state index contributed by atoms with van der Waals surface area (Å²) in [6.45, 7) is 6.97. The first-order valence-electron chi connectivity index (χ1n) is 5.94. The molecular formula is C13H19N3O. The summed E-state index contributed by atoms with van der Waals surface area (Å²) < 4.78 is 7.42. The minimum absolute atomic E-state index is 0.105. The first-order valence-corrected chi connectivity index (χ1v) is 5.94. The van der Waals surface area contributed by atoms with Crippen LogP contribution in [0.3, 0.4) is 0 Å². The molecule has 0 aliphatic heterocycles. The predicted molar refractivity (Wildman–Crippen MR) is 66.7 cm³/mol. The standard InChI is InChI=1S/C13H19N3O/c1-4-16-11(7-10(3)15-16)8-12(14)13-9(2)5-6-17-13/h5-7,12H,4,8,14H2,1-3H3. The molecule has 1 unspecified atom stereocenters. The molecule has 0 bridgehead atoms. The molecule has 2 N–H and O–H groups in total. The Bertz CT molecular complexity index is 498. The lowest BCUT2D eigenvalue weighted by molar-refractivity contribution is 0.453. The minimum Gasteiger partial charge on any atom is -0.467 e. The van der Waals surface area contributed by atoms with Gasteiger partial charge in [-0.25, -0.2) is 0 Å². The van der Waals surface area contributed by atoms with Gasteiger partial charge in [-0.2, -0.15) is 5.10 Å². The smallest absolute Gasteiger partial charge is 0.123 e. The van der Waals surface area contributed by atoms with E-state index in [1.165, 1.54) is 0 Å². The first-order chi connectivity index (χ1) is 8.11. The first kappa shape index (κ1) is 11.9. The van der Waals surface area contributed by atoms with Crippen LogP contribution in [0.15, 0.2) is 22.8 Å². The Morgan fingerprint density at radius 2 is 2.24 bits per heavy atom. The predicted octanol–water partition coefficient (Wildman–Crippen LogP) is 2.36. The normalized spacial score (nSPS) is 12.9. The van der Waals surface area contributed by atoms with Crippen molar-refractivity contribution >= 4 is 0 Å². The minimum atomic E-state index is -0.105. The second-order valence-electron chi connectivity index (χ2n) is 4.37. The van der Waals surface area contributed by atoms with Crippen molar-refractivity contribution < 1.29 is 4.42 Å². The number of aryl methyl sites for hydroxylation is 3. The molecule has 4 nitrogen and oxygen atoms in total. The van der Waals surface area contributed by atoms with Gasteiger partial charge < -0.3 is 10.2 Å². The van der Waals surface area contributed by atoms with Crippen LogP contribution in [0.5, 0.6) is 0 Å². The van der Waals surface area contributed by atoms with Gasteiger partial charge in [0.15, 0.2) is 0 Å². The molecule has 0 radical (unpaired) electrons. The Kier molecular flexibility index (Phi) is 3.33. The van der Waals surface area contributed by atoms with E-state index < -0.39 is 0 Å². The van der Waals surface area contributed by atoms with Crippen LogP contribution < -0.4 is 5.73 Å². The van der Waals surface area contributed by atoms with Gasteiger partial charge in [0.2, 0.25) is 0 Å². The van der Waals surface area contributed by atoms with Crippen molar-refractivity contribution in [3.63, 3.8) is 0 Å². The zero-order valence-electron chi connectivity index (χ0n) is 10.6. The summed E-state index contributed by atoms with van der Waals surface area (Å²) in [4.78, 5) is 0. The van der Waals surface area contributed by atoms with E-state index in [9.17, 15) is 0 Å². The molecule has 2 aromatic rings. The summed E-state index contributed by atoms with van der Waals surface area (Å²) in [6.07, 6.45) is 2.44. The Morgan fingerprint density at radius 1 is 1.47 bits per heavy atom. The van der Waals surface area contributed by atoms with Crippen LogP contribution in [0.1, 0.15) is 35.7 Å². The molecule has 2 heterocycles. The van der Waals surface area contributed by atoms with Crippen LogP contribution in [0.2, 0.25) is 0 Å². The number of hydrogen-bond donors (Lipinski definition) is 1. The molecule has 0 aromatic carbocycles. The molecule has 92 valence electrons. The topological polar surface area (TPSA) is 57.0 Å². The maximum atomic E-state index is 6.17. The molecule has 0 aliphatic carbocycles. The molecule has 0 saturated carbocycles. The van der Waals surface area contributed by atoms with Crippen molar-refractivity contribution in [1.29, 1.82) is 0 Å². The van der Waals surface area contributed by atoms with Crippen molar-refractivity contribution in [3.05, 3.63) is 41.1 Å². The van der Waals surface area contributed by atoms with Crippen molar-refractivity contribution in [3.8, 4) is 0 Å². The summed E-state index contributed by atoms with van der Waals surface area (Å²) in [5.74, 6) is 0.867. The van der Waals surface area contributed by atoms with Gasteiger partial charge >= 0.3 is 0 Å². The van der Waals surface area contributed by atoms with E-state index in [0.29, 0.717) is 0 Å². The van der Waals surface area contributed by atoms with E-state index >= 15 is 0 Å². The quantitative estimate of drug-likeness (QED) is 0.882. The lowest BCUT2D eigenvalue weighted by atomic mass is 10.1. The summed E-state index contributed by atoms with van der Waals surface area (Å²) in [5, 5.41) is 4.42. The Labute approximate surface area is 101 Å². The molecule has 0 aliphatic rings. The molecule has 0 amide bonds.